The first-order chi connectivity index (χ1) is 9.51. The van der Waals surface area contributed by atoms with Crippen LogP contribution in [-0.4, -0.2) is 31.8 Å². The monoisotopic (exact) mass is 314 g/mol. The highest BCUT2D eigenvalue weighted by molar-refractivity contribution is 7.89. The molecule has 6 nitrogen and oxygen atoms in total. The van der Waals surface area contributed by atoms with Crippen molar-refractivity contribution < 1.29 is 8.42 Å². The predicted molar refractivity (Wildman–Crippen MR) is 79.2 cm³/mol. The van der Waals surface area contributed by atoms with E-state index in [-0.39, 0.29) is 4.90 Å². The number of thiophene rings is 1. The fourth-order valence-corrected chi connectivity index (χ4v) is 3.54. The van der Waals surface area contributed by atoms with Gasteiger partial charge in [0.25, 0.3) is 0 Å². The maximum atomic E-state index is 12.1. The Balaban J connectivity index is 2.00. The molecule has 0 bridgehead atoms. The van der Waals surface area contributed by atoms with Crippen LogP contribution in [0.4, 0.5) is 0 Å². The van der Waals surface area contributed by atoms with Gasteiger partial charge in [0.1, 0.15) is 4.90 Å². The van der Waals surface area contributed by atoms with Crippen molar-refractivity contribution in [3.05, 3.63) is 34.3 Å². The second-order valence-corrected chi connectivity index (χ2v) is 7.52. The third-order valence-corrected chi connectivity index (χ3v) is 5.10. The molecule has 2 aromatic heterocycles. The number of hydrogen-bond acceptors (Lipinski definition) is 5. The number of aromatic nitrogens is 2. The summed E-state index contributed by atoms with van der Waals surface area (Å²) in [6.07, 6.45) is 2.91. The zero-order valence-electron chi connectivity index (χ0n) is 11.5. The van der Waals surface area contributed by atoms with E-state index in [1.165, 1.54) is 11.1 Å². The van der Waals surface area contributed by atoms with Crippen molar-refractivity contribution in [2.45, 2.75) is 24.9 Å². The third kappa shape index (κ3) is 3.89. The summed E-state index contributed by atoms with van der Waals surface area (Å²) in [5.41, 5.74) is 0. The molecule has 8 heteroatoms. The highest BCUT2D eigenvalue weighted by Gasteiger charge is 2.16. The topological polar surface area (TPSA) is 76.0 Å². The number of hydrogen-bond donors (Lipinski definition) is 2. The van der Waals surface area contributed by atoms with Crippen molar-refractivity contribution in [2.75, 3.05) is 13.6 Å². The Morgan fingerprint density at radius 1 is 1.40 bits per heavy atom. The predicted octanol–water partition coefficient (Wildman–Crippen LogP) is 0.951. The van der Waals surface area contributed by atoms with Gasteiger partial charge in [-0.1, -0.05) is 0 Å². The molecule has 0 aromatic carbocycles. The van der Waals surface area contributed by atoms with Gasteiger partial charge in [-0.15, -0.1) is 11.3 Å². The van der Waals surface area contributed by atoms with E-state index >= 15 is 0 Å². The highest BCUT2D eigenvalue weighted by atomic mass is 32.2. The molecule has 0 spiro atoms. The van der Waals surface area contributed by atoms with E-state index in [0.29, 0.717) is 13.1 Å². The number of likely N-dealkylation sites (N-methyl/N-ethyl adjacent to an activating group) is 1. The summed E-state index contributed by atoms with van der Waals surface area (Å²) < 4.78 is 28.4. The zero-order chi connectivity index (χ0) is 14.6. The Hall–Kier alpha value is -1.22. The van der Waals surface area contributed by atoms with Gasteiger partial charge in [0, 0.05) is 29.0 Å². The summed E-state index contributed by atoms with van der Waals surface area (Å²) in [5, 5.41) is 7.03. The number of aryl methyl sites for hydroxylation is 1. The summed E-state index contributed by atoms with van der Waals surface area (Å²) >= 11 is 1.58. The first kappa shape index (κ1) is 15.2. The van der Waals surface area contributed by atoms with Crippen molar-refractivity contribution in [1.82, 2.24) is 19.8 Å². The van der Waals surface area contributed by atoms with Crippen molar-refractivity contribution in [1.29, 1.82) is 0 Å². The van der Waals surface area contributed by atoms with E-state index in [9.17, 15) is 8.42 Å². The van der Waals surface area contributed by atoms with Crippen LogP contribution in [0.25, 0.3) is 0 Å². The average molecular weight is 314 g/mol. The van der Waals surface area contributed by atoms with Crippen molar-refractivity contribution in [3.63, 3.8) is 0 Å². The number of rotatable bonds is 7. The molecule has 0 saturated carbocycles. The van der Waals surface area contributed by atoms with Crippen molar-refractivity contribution in [3.8, 4) is 0 Å². The minimum atomic E-state index is -3.50. The molecule has 0 unspecified atom stereocenters. The Morgan fingerprint density at radius 3 is 2.85 bits per heavy atom. The summed E-state index contributed by atoms with van der Waals surface area (Å²) in [6.45, 7) is 3.68. The van der Waals surface area contributed by atoms with Gasteiger partial charge in [0.15, 0.2) is 0 Å². The molecule has 0 radical (unpaired) electrons. The van der Waals surface area contributed by atoms with E-state index in [4.69, 9.17) is 0 Å². The SMILES string of the molecule is CNCCn1cc(S(=O)(=O)NCc2ccc(C)s2)cn1. The summed E-state index contributed by atoms with van der Waals surface area (Å²) in [6, 6.07) is 3.91. The minimum Gasteiger partial charge on any atom is -0.318 e. The largest absolute Gasteiger partial charge is 0.318 e. The summed E-state index contributed by atoms with van der Waals surface area (Å²) in [4.78, 5) is 2.36. The Labute approximate surface area is 122 Å². The Morgan fingerprint density at radius 2 is 2.20 bits per heavy atom. The maximum absolute atomic E-state index is 12.1. The summed E-state index contributed by atoms with van der Waals surface area (Å²) in [5.74, 6) is 0. The van der Waals surface area contributed by atoms with E-state index in [1.54, 1.807) is 22.2 Å². The van der Waals surface area contributed by atoms with E-state index in [0.717, 1.165) is 11.4 Å². The molecule has 0 saturated heterocycles. The second kappa shape index (κ2) is 6.49. The molecule has 0 aliphatic rings. The normalized spacial score (nSPS) is 11.9. The zero-order valence-corrected chi connectivity index (χ0v) is 13.1. The van der Waals surface area contributed by atoms with E-state index < -0.39 is 10.0 Å². The molecular weight excluding hydrogens is 296 g/mol. The van der Waals surface area contributed by atoms with Crippen molar-refractivity contribution in [2.24, 2.45) is 0 Å². The van der Waals surface area contributed by atoms with Crippen LogP contribution in [0.15, 0.2) is 29.4 Å². The van der Waals surface area contributed by atoms with Gasteiger partial charge in [-0.2, -0.15) is 5.10 Å². The minimum absolute atomic E-state index is 0.196. The highest BCUT2D eigenvalue weighted by Crippen LogP contribution is 2.16. The quantitative estimate of drug-likeness (QED) is 0.798. The molecule has 0 fully saturated rings. The van der Waals surface area contributed by atoms with Crippen LogP contribution >= 0.6 is 11.3 Å². The van der Waals surface area contributed by atoms with Crippen molar-refractivity contribution >= 4 is 21.4 Å². The third-order valence-electron chi connectivity index (χ3n) is 2.74. The van der Waals surface area contributed by atoms with Gasteiger partial charge in [-0.3, -0.25) is 4.68 Å². The van der Waals surface area contributed by atoms with Gasteiger partial charge in [0.2, 0.25) is 10.0 Å². The lowest BCUT2D eigenvalue weighted by molar-refractivity contribution is 0.576. The van der Waals surface area contributed by atoms with Gasteiger partial charge in [0.05, 0.1) is 12.7 Å². The molecule has 2 aromatic rings. The lowest BCUT2D eigenvalue weighted by Gasteiger charge is -2.03. The summed E-state index contributed by atoms with van der Waals surface area (Å²) in [7, 11) is -1.66. The van der Waals surface area contributed by atoms with Gasteiger partial charge in [-0.05, 0) is 26.1 Å². The Bertz CT molecular complexity index is 661. The van der Waals surface area contributed by atoms with Gasteiger partial charge < -0.3 is 5.32 Å². The van der Waals surface area contributed by atoms with Crippen LogP contribution in [0.3, 0.4) is 0 Å². The molecule has 0 atom stereocenters. The molecule has 20 heavy (non-hydrogen) atoms. The maximum Gasteiger partial charge on any atom is 0.244 e. The molecule has 2 heterocycles. The lowest BCUT2D eigenvalue weighted by Crippen LogP contribution is -2.22. The number of sulfonamides is 1. The van der Waals surface area contributed by atoms with Crippen LogP contribution in [0, 0.1) is 6.92 Å². The fraction of sp³-hybridized carbons (Fsp3) is 0.417. The molecule has 110 valence electrons. The Kier molecular flexibility index (Phi) is 4.92. The first-order valence-corrected chi connectivity index (χ1v) is 8.53. The van der Waals surface area contributed by atoms with E-state index in [1.807, 2.05) is 26.1 Å². The van der Waals surface area contributed by atoms with Gasteiger partial charge >= 0.3 is 0 Å². The van der Waals surface area contributed by atoms with Crippen LogP contribution in [0.2, 0.25) is 0 Å². The number of nitrogens with one attached hydrogen (secondary N) is 2. The number of nitrogens with zero attached hydrogens (tertiary/aromatic N) is 2. The van der Waals surface area contributed by atoms with Crippen LogP contribution in [0.5, 0.6) is 0 Å². The van der Waals surface area contributed by atoms with Crippen LogP contribution < -0.4 is 10.0 Å². The lowest BCUT2D eigenvalue weighted by atomic mass is 10.4. The molecular formula is C12H18N4O2S2. The molecule has 2 N–H and O–H groups in total. The molecule has 0 aliphatic heterocycles. The van der Waals surface area contributed by atoms with Crippen LogP contribution in [0.1, 0.15) is 9.75 Å². The van der Waals surface area contributed by atoms with Crippen LogP contribution in [-0.2, 0) is 23.1 Å². The average Bonchev–Trinajstić information content (AvgIpc) is 3.03. The first-order valence-electron chi connectivity index (χ1n) is 6.23. The van der Waals surface area contributed by atoms with Gasteiger partial charge in [-0.25, -0.2) is 13.1 Å². The molecule has 2 rings (SSSR count). The smallest absolute Gasteiger partial charge is 0.244 e. The van der Waals surface area contributed by atoms with E-state index in [2.05, 4.69) is 15.1 Å². The molecule has 0 amide bonds. The fourth-order valence-electron chi connectivity index (χ4n) is 1.66. The second-order valence-electron chi connectivity index (χ2n) is 4.38. The molecule has 0 aliphatic carbocycles. The standard InChI is InChI=1S/C12H18N4O2S2/c1-10-3-4-11(19-10)7-15-20(17,18)12-8-14-16(9-12)6-5-13-2/h3-4,8-9,13,15H,5-7H2,1-2H3.